The van der Waals surface area contributed by atoms with Crippen molar-refractivity contribution in [3.8, 4) is 5.75 Å². The highest BCUT2D eigenvalue weighted by Crippen LogP contribution is 2.27. The lowest BCUT2D eigenvalue weighted by atomic mass is 10.0. The predicted octanol–water partition coefficient (Wildman–Crippen LogP) is 3.72. The summed E-state index contributed by atoms with van der Waals surface area (Å²) in [7, 11) is 1.90. The topological polar surface area (TPSA) is 44.8 Å². The van der Waals surface area contributed by atoms with Crippen LogP contribution >= 0.6 is 0 Å². The molecule has 29 heavy (non-hydrogen) atoms. The van der Waals surface area contributed by atoms with E-state index in [0.29, 0.717) is 0 Å². The van der Waals surface area contributed by atoms with E-state index >= 15 is 0 Å². The number of anilines is 1. The van der Waals surface area contributed by atoms with Gasteiger partial charge in [0.1, 0.15) is 5.75 Å². The third-order valence-corrected chi connectivity index (χ3v) is 6.05. The molecule has 1 N–H and O–H groups in total. The van der Waals surface area contributed by atoms with Crippen LogP contribution in [0.2, 0.25) is 0 Å². The average molecular weight is 394 g/mol. The molecule has 1 amide bonds. The SMILES string of the molecule is CN(C(=O)COc1ccc2c(c1)CCCN2)[C@H](CN1CCCC1)c1ccccc1. The molecule has 5 heteroatoms. The first-order valence-corrected chi connectivity index (χ1v) is 10.7. The van der Waals surface area contributed by atoms with Gasteiger partial charge in [-0.1, -0.05) is 30.3 Å². The van der Waals surface area contributed by atoms with Crippen molar-refractivity contribution in [1.29, 1.82) is 0 Å². The molecule has 0 saturated carbocycles. The number of hydrogen-bond donors (Lipinski definition) is 1. The minimum atomic E-state index is 0.00824. The molecule has 0 aromatic heterocycles. The molecule has 1 saturated heterocycles. The molecule has 2 aromatic rings. The van der Waals surface area contributed by atoms with Crippen LogP contribution < -0.4 is 10.1 Å². The van der Waals surface area contributed by atoms with Crippen molar-refractivity contribution in [2.45, 2.75) is 31.7 Å². The van der Waals surface area contributed by atoms with Crippen LogP contribution in [0.1, 0.15) is 36.4 Å². The smallest absolute Gasteiger partial charge is 0.260 e. The number of ether oxygens (including phenoxy) is 1. The molecule has 2 aliphatic rings. The number of nitrogens with zero attached hydrogens (tertiary/aromatic N) is 2. The molecule has 1 atom stereocenters. The lowest BCUT2D eigenvalue weighted by molar-refractivity contribution is -0.134. The summed E-state index contributed by atoms with van der Waals surface area (Å²) in [6.07, 6.45) is 4.68. The second-order valence-corrected chi connectivity index (χ2v) is 8.08. The third-order valence-electron chi connectivity index (χ3n) is 6.05. The maximum absolute atomic E-state index is 13.0. The molecule has 154 valence electrons. The van der Waals surface area contributed by atoms with Crippen molar-refractivity contribution < 1.29 is 9.53 Å². The van der Waals surface area contributed by atoms with E-state index in [1.54, 1.807) is 0 Å². The van der Waals surface area contributed by atoms with Crippen molar-refractivity contribution in [3.05, 3.63) is 59.7 Å². The highest BCUT2D eigenvalue weighted by atomic mass is 16.5. The normalized spacial score (nSPS) is 17.3. The van der Waals surface area contributed by atoms with Crippen LogP contribution in [0.4, 0.5) is 5.69 Å². The number of rotatable bonds is 7. The van der Waals surface area contributed by atoms with Gasteiger partial charge in [-0.2, -0.15) is 0 Å². The summed E-state index contributed by atoms with van der Waals surface area (Å²) in [6, 6.07) is 16.4. The maximum atomic E-state index is 13.0. The van der Waals surface area contributed by atoms with E-state index in [1.165, 1.54) is 29.7 Å². The summed E-state index contributed by atoms with van der Waals surface area (Å²) in [5.74, 6) is 0.777. The molecule has 0 aliphatic carbocycles. The zero-order valence-electron chi connectivity index (χ0n) is 17.3. The maximum Gasteiger partial charge on any atom is 0.260 e. The Morgan fingerprint density at radius 2 is 1.93 bits per heavy atom. The molecule has 5 nitrogen and oxygen atoms in total. The van der Waals surface area contributed by atoms with Crippen molar-refractivity contribution in [2.24, 2.45) is 0 Å². The van der Waals surface area contributed by atoms with Gasteiger partial charge in [0.15, 0.2) is 6.61 Å². The van der Waals surface area contributed by atoms with E-state index in [1.807, 2.05) is 36.2 Å². The first-order valence-electron chi connectivity index (χ1n) is 10.7. The number of benzene rings is 2. The summed E-state index contributed by atoms with van der Waals surface area (Å²) in [5.41, 5.74) is 3.63. The van der Waals surface area contributed by atoms with E-state index in [4.69, 9.17) is 4.74 Å². The van der Waals surface area contributed by atoms with Crippen LogP contribution in [0.3, 0.4) is 0 Å². The Morgan fingerprint density at radius 3 is 2.72 bits per heavy atom. The monoisotopic (exact) mass is 393 g/mol. The summed E-state index contributed by atoms with van der Waals surface area (Å²) in [4.78, 5) is 17.3. The summed E-state index contributed by atoms with van der Waals surface area (Å²) < 4.78 is 5.88. The molecule has 2 aliphatic heterocycles. The lowest BCUT2D eigenvalue weighted by Gasteiger charge is -2.32. The highest BCUT2D eigenvalue weighted by Gasteiger charge is 2.25. The summed E-state index contributed by atoms with van der Waals surface area (Å²) >= 11 is 0. The molecule has 1 fully saturated rings. The van der Waals surface area contributed by atoms with Crippen LogP contribution in [-0.4, -0.2) is 55.5 Å². The third kappa shape index (κ3) is 4.91. The fourth-order valence-electron chi connectivity index (χ4n) is 4.30. The van der Waals surface area contributed by atoms with Gasteiger partial charge in [-0.15, -0.1) is 0 Å². The van der Waals surface area contributed by atoms with Crippen molar-refractivity contribution >= 4 is 11.6 Å². The van der Waals surface area contributed by atoms with Crippen LogP contribution in [-0.2, 0) is 11.2 Å². The summed E-state index contributed by atoms with van der Waals surface area (Å²) in [6.45, 7) is 4.19. The zero-order chi connectivity index (χ0) is 20.1. The molecule has 4 rings (SSSR count). The largest absolute Gasteiger partial charge is 0.484 e. The van der Waals surface area contributed by atoms with E-state index in [-0.39, 0.29) is 18.6 Å². The Labute approximate surface area is 173 Å². The Bertz CT molecular complexity index is 818. The molecule has 2 heterocycles. The second-order valence-electron chi connectivity index (χ2n) is 8.08. The second kappa shape index (κ2) is 9.31. The van der Waals surface area contributed by atoms with Crippen molar-refractivity contribution in [2.75, 3.05) is 45.2 Å². The zero-order valence-corrected chi connectivity index (χ0v) is 17.3. The van der Waals surface area contributed by atoms with E-state index in [0.717, 1.165) is 44.8 Å². The molecule has 0 spiro atoms. The number of nitrogens with one attached hydrogen (secondary N) is 1. The molecular weight excluding hydrogens is 362 g/mol. The van der Waals surface area contributed by atoms with Crippen LogP contribution in [0.25, 0.3) is 0 Å². The Balaban J connectivity index is 1.41. The Morgan fingerprint density at radius 1 is 1.14 bits per heavy atom. The molecular formula is C24H31N3O2. The number of aryl methyl sites for hydroxylation is 1. The van der Waals surface area contributed by atoms with Crippen LogP contribution in [0, 0.1) is 0 Å². The van der Waals surface area contributed by atoms with Crippen LogP contribution in [0.5, 0.6) is 5.75 Å². The van der Waals surface area contributed by atoms with E-state index in [9.17, 15) is 4.79 Å². The Hall–Kier alpha value is -2.53. The van der Waals surface area contributed by atoms with Gasteiger partial charge in [0.05, 0.1) is 6.04 Å². The highest BCUT2D eigenvalue weighted by molar-refractivity contribution is 5.78. The fraction of sp³-hybridized carbons (Fsp3) is 0.458. The molecule has 2 aromatic carbocycles. The quantitative estimate of drug-likeness (QED) is 0.779. The number of hydrogen-bond acceptors (Lipinski definition) is 4. The van der Waals surface area contributed by atoms with E-state index in [2.05, 4.69) is 34.5 Å². The minimum Gasteiger partial charge on any atom is -0.484 e. The van der Waals surface area contributed by atoms with Gasteiger partial charge in [0, 0.05) is 25.8 Å². The van der Waals surface area contributed by atoms with Crippen molar-refractivity contribution in [3.63, 3.8) is 0 Å². The van der Waals surface area contributed by atoms with Gasteiger partial charge in [0.25, 0.3) is 5.91 Å². The first kappa shape index (κ1) is 19.8. The van der Waals surface area contributed by atoms with Gasteiger partial charge in [-0.25, -0.2) is 0 Å². The first-order chi connectivity index (χ1) is 14.2. The summed E-state index contributed by atoms with van der Waals surface area (Å²) in [5, 5.41) is 3.40. The number of likely N-dealkylation sites (N-methyl/N-ethyl adjacent to an activating group) is 1. The average Bonchev–Trinajstić information content (AvgIpc) is 3.29. The molecule has 0 bridgehead atoms. The minimum absolute atomic E-state index is 0.00824. The lowest BCUT2D eigenvalue weighted by Crippen LogP contribution is -2.40. The number of likely N-dealkylation sites (tertiary alicyclic amines) is 1. The van der Waals surface area contributed by atoms with Gasteiger partial charge < -0.3 is 19.9 Å². The molecule has 0 unspecified atom stereocenters. The standard InChI is InChI=1S/C24H31N3O2/c1-26(23(17-27-14-5-6-15-27)19-8-3-2-4-9-19)24(28)18-29-21-11-12-22-20(16-21)10-7-13-25-22/h2-4,8-9,11-12,16,23,25H,5-7,10,13-15,17-18H2,1H3/t23-/m1/s1. The van der Waals surface area contributed by atoms with Gasteiger partial charge in [-0.3, -0.25) is 4.79 Å². The van der Waals surface area contributed by atoms with Gasteiger partial charge in [0.2, 0.25) is 0 Å². The van der Waals surface area contributed by atoms with E-state index < -0.39 is 0 Å². The predicted molar refractivity (Wildman–Crippen MR) is 116 cm³/mol. The van der Waals surface area contributed by atoms with Crippen LogP contribution in [0.15, 0.2) is 48.5 Å². The van der Waals surface area contributed by atoms with Gasteiger partial charge in [-0.05, 0) is 68.1 Å². The molecule has 0 radical (unpaired) electrons. The number of fused-ring (bicyclic) bond motifs is 1. The van der Waals surface area contributed by atoms with Crippen molar-refractivity contribution in [1.82, 2.24) is 9.80 Å². The fourth-order valence-corrected chi connectivity index (χ4v) is 4.30. The Kier molecular flexibility index (Phi) is 6.35. The van der Waals surface area contributed by atoms with Gasteiger partial charge >= 0.3 is 0 Å². The number of carbonyl (C=O) groups excluding carboxylic acids is 1. The number of carbonyl (C=O) groups is 1. The number of amides is 1.